The Balaban J connectivity index is 3.86. The van der Waals surface area contributed by atoms with Crippen LogP contribution in [-0.2, 0) is 4.79 Å². The van der Waals surface area contributed by atoms with Crippen molar-refractivity contribution in [3.63, 3.8) is 0 Å². The molecule has 102 valence electrons. The smallest absolute Gasteiger partial charge is 0.223 e. The molecule has 1 amide bonds. The zero-order valence-corrected chi connectivity index (χ0v) is 11.7. The molecule has 0 aliphatic rings. The number of hydrogen-bond donors (Lipinski definition) is 2. The number of rotatable bonds is 9. The highest BCUT2D eigenvalue weighted by Gasteiger charge is 2.13. The molecule has 5 nitrogen and oxygen atoms in total. The van der Waals surface area contributed by atoms with Gasteiger partial charge in [-0.05, 0) is 13.1 Å². The number of nitrogens with two attached hydrogens (primary N) is 1. The molecule has 17 heavy (non-hydrogen) atoms. The van der Waals surface area contributed by atoms with Gasteiger partial charge in [0.05, 0.1) is 0 Å². The Morgan fingerprint density at radius 3 is 2.29 bits per heavy atom. The summed E-state index contributed by atoms with van der Waals surface area (Å²) >= 11 is 0. The third-order valence-electron chi connectivity index (χ3n) is 2.96. The van der Waals surface area contributed by atoms with Crippen LogP contribution in [0.3, 0.4) is 0 Å². The van der Waals surface area contributed by atoms with Crippen LogP contribution in [0.25, 0.3) is 0 Å². The van der Waals surface area contributed by atoms with Crippen LogP contribution in [0.15, 0.2) is 0 Å². The molecule has 0 aromatic rings. The Morgan fingerprint density at radius 2 is 1.88 bits per heavy atom. The van der Waals surface area contributed by atoms with E-state index in [9.17, 15) is 4.79 Å². The van der Waals surface area contributed by atoms with E-state index < -0.39 is 0 Å². The third-order valence-corrected chi connectivity index (χ3v) is 2.96. The van der Waals surface area contributed by atoms with E-state index in [0.717, 1.165) is 26.2 Å². The summed E-state index contributed by atoms with van der Waals surface area (Å²) in [7, 11) is 3.54. The lowest BCUT2D eigenvalue weighted by Crippen LogP contribution is -2.43. The molecule has 0 spiro atoms. The molecule has 0 rings (SSSR count). The van der Waals surface area contributed by atoms with Crippen LogP contribution < -0.4 is 11.1 Å². The fraction of sp³-hybridized carbons (Fsp3) is 0.917. The second-order valence-corrected chi connectivity index (χ2v) is 4.41. The van der Waals surface area contributed by atoms with Crippen LogP contribution in [0.4, 0.5) is 0 Å². The van der Waals surface area contributed by atoms with Gasteiger partial charge in [-0.1, -0.05) is 13.8 Å². The summed E-state index contributed by atoms with van der Waals surface area (Å²) in [6, 6.07) is 0.0838. The van der Waals surface area contributed by atoms with Gasteiger partial charge in [0.25, 0.3) is 0 Å². The molecule has 0 aliphatic carbocycles. The lowest BCUT2D eigenvalue weighted by Gasteiger charge is -2.22. The van der Waals surface area contributed by atoms with Crippen molar-refractivity contribution in [1.29, 1.82) is 0 Å². The molecule has 1 unspecified atom stereocenters. The van der Waals surface area contributed by atoms with E-state index >= 15 is 0 Å². The van der Waals surface area contributed by atoms with Crippen molar-refractivity contribution < 1.29 is 4.79 Å². The lowest BCUT2D eigenvalue weighted by atomic mass is 10.2. The van der Waals surface area contributed by atoms with E-state index in [1.165, 1.54) is 0 Å². The molecule has 0 fully saturated rings. The van der Waals surface area contributed by atoms with Gasteiger partial charge in [0.2, 0.25) is 5.91 Å². The Labute approximate surface area is 105 Å². The zero-order valence-electron chi connectivity index (χ0n) is 11.7. The van der Waals surface area contributed by atoms with Crippen molar-refractivity contribution in [3.8, 4) is 0 Å². The fourth-order valence-corrected chi connectivity index (χ4v) is 1.60. The summed E-state index contributed by atoms with van der Waals surface area (Å²) in [6.45, 7) is 8.80. The van der Waals surface area contributed by atoms with E-state index in [4.69, 9.17) is 5.73 Å². The third kappa shape index (κ3) is 7.31. The number of nitrogens with one attached hydrogen (secondary N) is 1. The van der Waals surface area contributed by atoms with E-state index in [2.05, 4.69) is 24.1 Å². The maximum Gasteiger partial charge on any atom is 0.223 e. The van der Waals surface area contributed by atoms with Crippen LogP contribution >= 0.6 is 0 Å². The van der Waals surface area contributed by atoms with E-state index in [1.807, 2.05) is 0 Å². The highest BCUT2D eigenvalue weighted by molar-refractivity contribution is 5.76. The molecular formula is C12H28N4O. The number of nitrogens with zero attached hydrogens (tertiary/aromatic N) is 2. The van der Waals surface area contributed by atoms with E-state index in [-0.39, 0.29) is 11.9 Å². The van der Waals surface area contributed by atoms with Gasteiger partial charge in [-0.3, -0.25) is 4.79 Å². The van der Waals surface area contributed by atoms with Crippen molar-refractivity contribution >= 4 is 5.91 Å². The Hall–Kier alpha value is -0.650. The van der Waals surface area contributed by atoms with Crippen molar-refractivity contribution in [1.82, 2.24) is 15.1 Å². The first-order chi connectivity index (χ1) is 8.04. The largest absolute Gasteiger partial charge is 0.349 e. The maximum atomic E-state index is 11.5. The highest BCUT2D eigenvalue weighted by Crippen LogP contribution is 1.94. The summed E-state index contributed by atoms with van der Waals surface area (Å²) in [6.07, 6.45) is 0.474. The first-order valence-electron chi connectivity index (χ1n) is 6.41. The molecule has 0 aromatic heterocycles. The van der Waals surface area contributed by atoms with Gasteiger partial charge in [0.15, 0.2) is 0 Å². The molecule has 3 N–H and O–H groups in total. The predicted molar refractivity (Wildman–Crippen MR) is 71.9 cm³/mol. The molecule has 0 radical (unpaired) electrons. The molecule has 0 bridgehead atoms. The van der Waals surface area contributed by atoms with Crippen LogP contribution in [0.1, 0.15) is 20.3 Å². The average molecular weight is 244 g/mol. The number of hydrogen-bond acceptors (Lipinski definition) is 4. The van der Waals surface area contributed by atoms with E-state index in [0.29, 0.717) is 13.0 Å². The quantitative estimate of drug-likeness (QED) is 0.586. The van der Waals surface area contributed by atoms with Gasteiger partial charge in [-0.2, -0.15) is 0 Å². The van der Waals surface area contributed by atoms with Crippen molar-refractivity contribution in [2.24, 2.45) is 5.73 Å². The van der Waals surface area contributed by atoms with Crippen LogP contribution in [0.5, 0.6) is 0 Å². The SMILES string of the molecule is CCN(CC)CCNC(CN)CC(=O)N(C)C. The van der Waals surface area contributed by atoms with Gasteiger partial charge in [0, 0.05) is 46.2 Å². The Morgan fingerprint density at radius 1 is 1.29 bits per heavy atom. The van der Waals surface area contributed by atoms with Gasteiger partial charge < -0.3 is 20.9 Å². The summed E-state index contributed by atoms with van der Waals surface area (Å²) in [5.41, 5.74) is 5.66. The predicted octanol–water partition coefficient (Wildman–Crippen LogP) is -0.277. The fourth-order valence-electron chi connectivity index (χ4n) is 1.60. The van der Waals surface area contributed by atoms with Gasteiger partial charge in [0.1, 0.15) is 0 Å². The molecule has 1 atom stereocenters. The summed E-state index contributed by atoms with van der Waals surface area (Å²) in [5, 5.41) is 3.34. The minimum Gasteiger partial charge on any atom is -0.349 e. The first-order valence-corrected chi connectivity index (χ1v) is 6.41. The molecule has 0 saturated carbocycles. The average Bonchev–Trinajstić information content (AvgIpc) is 2.32. The lowest BCUT2D eigenvalue weighted by molar-refractivity contribution is -0.129. The van der Waals surface area contributed by atoms with E-state index in [1.54, 1.807) is 19.0 Å². The Bertz CT molecular complexity index is 205. The van der Waals surface area contributed by atoms with Crippen LogP contribution in [0.2, 0.25) is 0 Å². The second kappa shape index (κ2) is 9.39. The molecule has 0 aromatic carbocycles. The molecular weight excluding hydrogens is 216 g/mol. The monoisotopic (exact) mass is 244 g/mol. The summed E-state index contributed by atoms with van der Waals surface area (Å²) < 4.78 is 0. The van der Waals surface area contributed by atoms with Crippen molar-refractivity contribution in [2.45, 2.75) is 26.3 Å². The number of carbonyl (C=O) groups excluding carboxylic acids is 1. The minimum atomic E-state index is 0.0838. The topological polar surface area (TPSA) is 61.6 Å². The number of likely N-dealkylation sites (N-methyl/N-ethyl adjacent to an activating group) is 1. The maximum absolute atomic E-state index is 11.5. The standard InChI is InChI=1S/C12H28N4O/c1-5-16(6-2)8-7-14-11(10-13)9-12(17)15(3)4/h11,14H,5-10,13H2,1-4H3. The van der Waals surface area contributed by atoms with Crippen LogP contribution in [0, 0.1) is 0 Å². The minimum absolute atomic E-state index is 0.0838. The summed E-state index contributed by atoms with van der Waals surface area (Å²) in [5.74, 6) is 0.121. The highest BCUT2D eigenvalue weighted by atomic mass is 16.2. The number of amides is 1. The molecule has 0 aliphatic heterocycles. The Kier molecular flexibility index (Phi) is 9.03. The van der Waals surface area contributed by atoms with Crippen molar-refractivity contribution in [3.05, 3.63) is 0 Å². The van der Waals surface area contributed by atoms with Gasteiger partial charge in [-0.15, -0.1) is 0 Å². The second-order valence-electron chi connectivity index (χ2n) is 4.41. The van der Waals surface area contributed by atoms with Gasteiger partial charge in [-0.25, -0.2) is 0 Å². The molecule has 5 heteroatoms. The molecule has 0 heterocycles. The summed E-state index contributed by atoms with van der Waals surface area (Å²) in [4.78, 5) is 15.5. The zero-order chi connectivity index (χ0) is 13.3. The molecule has 0 saturated heterocycles. The first kappa shape index (κ1) is 16.4. The van der Waals surface area contributed by atoms with Gasteiger partial charge >= 0.3 is 0 Å². The van der Waals surface area contributed by atoms with Crippen LogP contribution in [-0.4, -0.2) is 68.6 Å². The van der Waals surface area contributed by atoms with Crippen molar-refractivity contribution in [2.75, 3.05) is 46.8 Å². The number of carbonyl (C=O) groups is 1. The normalized spacial score (nSPS) is 12.8.